The van der Waals surface area contributed by atoms with Crippen LogP contribution in [0.4, 0.5) is 14.5 Å². The molecule has 0 radical (unpaired) electrons. The van der Waals surface area contributed by atoms with Crippen molar-refractivity contribution in [2.45, 2.75) is 19.9 Å². The van der Waals surface area contributed by atoms with Crippen molar-refractivity contribution in [3.8, 4) is 5.75 Å². The zero-order chi connectivity index (χ0) is 14.7. The Morgan fingerprint density at radius 2 is 1.85 bits per heavy atom. The van der Waals surface area contributed by atoms with Gasteiger partial charge in [0.1, 0.15) is 17.4 Å². The minimum atomic E-state index is -0.577. The molecule has 0 heterocycles. The topological polar surface area (TPSA) is 21.3 Å². The molecule has 20 heavy (non-hydrogen) atoms. The van der Waals surface area contributed by atoms with E-state index in [1.54, 1.807) is 7.11 Å². The van der Waals surface area contributed by atoms with Crippen LogP contribution in [-0.2, 0) is 0 Å². The van der Waals surface area contributed by atoms with Crippen LogP contribution in [0.1, 0.15) is 24.1 Å². The highest BCUT2D eigenvalue weighted by Gasteiger charge is 2.13. The molecule has 0 aliphatic carbocycles. The highest BCUT2D eigenvalue weighted by atomic mass is 19.1. The first-order valence-electron chi connectivity index (χ1n) is 6.37. The highest BCUT2D eigenvalue weighted by Crippen LogP contribution is 2.29. The minimum Gasteiger partial charge on any atom is -0.495 e. The SMILES string of the molecule is COc1cc(C)ccc1NC(C)c1ccc(F)cc1F. The van der Waals surface area contributed by atoms with Crippen molar-refractivity contribution in [2.24, 2.45) is 0 Å². The second-order valence-corrected chi connectivity index (χ2v) is 4.74. The van der Waals surface area contributed by atoms with Gasteiger partial charge in [-0.1, -0.05) is 12.1 Å². The van der Waals surface area contributed by atoms with Gasteiger partial charge in [-0.3, -0.25) is 0 Å². The van der Waals surface area contributed by atoms with E-state index in [9.17, 15) is 8.78 Å². The number of hydrogen-bond donors (Lipinski definition) is 1. The van der Waals surface area contributed by atoms with Crippen molar-refractivity contribution >= 4 is 5.69 Å². The molecule has 2 nitrogen and oxygen atoms in total. The Morgan fingerprint density at radius 1 is 1.10 bits per heavy atom. The standard InChI is InChI=1S/C16H17F2NO/c1-10-4-7-15(16(8-10)20-3)19-11(2)13-6-5-12(17)9-14(13)18/h4-9,11,19H,1-3H3. The first-order valence-corrected chi connectivity index (χ1v) is 6.37. The van der Waals surface area contributed by atoms with E-state index in [1.807, 2.05) is 32.0 Å². The van der Waals surface area contributed by atoms with E-state index in [2.05, 4.69) is 5.32 Å². The predicted octanol–water partition coefficient (Wildman–Crippen LogP) is 4.45. The van der Waals surface area contributed by atoms with Gasteiger partial charge in [-0.25, -0.2) is 8.78 Å². The van der Waals surface area contributed by atoms with Gasteiger partial charge in [0.15, 0.2) is 0 Å². The monoisotopic (exact) mass is 277 g/mol. The summed E-state index contributed by atoms with van der Waals surface area (Å²) in [6.07, 6.45) is 0. The molecule has 4 heteroatoms. The Morgan fingerprint density at radius 3 is 2.50 bits per heavy atom. The fourth-order valence-corrected chi connectivity index (χ4v) is 2.08. The van der Waals surface area contributed by atoms with Crippen LogP contribution in [0, 0.1) is 18.6 Å². The van der Waals surface area contributed by atoms with Crippen LogP contribution < -0.4 is 10.1 Å². The molecule has 106 valence electrons. The van der Waals surface area contributed by atoms with Gasteiger partial charge in [0.25, 0.3) is 0 Å². The number of nitrogens with one attached hydrogen (secondary N) is 1. The molecule has 0 saturated heterocycles. The van der Waals surface area contributed by atoms with Gasteiger partial charge < -0.3 is 10.1 Å². The lowest BCUT2D eigenvalue weighted by molar-refractivity contribution is 0.415. The number of anilines is 1. The molecule has 1 atom stereocenters. The molecule has 2 aromatic rings. The minimum absolute atomic E-state index is 0.299. The number of benzene rings is 2. The summed E-state index contributed by atoms with van der Waals surface area (Å²) < 4.78 is 32.0. The molecule has 2 aromatic carbocycles. The fourth-order valence-electron chi connectivity index (χ4n) is 2.08. The number of aryl methyl sites for hydroxylation is 1. The maximum Gasteiger partial charge on any atom is 0.142 e. The maximum atomic E-state index is 13.7. The third-order valence-electron chi connectivity index (χ3n) is 3.16. The van der Waals surface area contributed by atoms with E-state index >= 15 is 0 Å². The average molecular weight is 277 g/mol. The zero-order valence-electron chi connectivity index (χ0n) is 11.7. The molecule has 0 bridgehead atoms. The largest absolute Gasteiger partial charge is 0.495 e. The molecule has 0 saturated carbocycles. The molecule has 2 rings (SSSR count). The number of rotatable bonds is 4. The van der Waals surface area contributed by atoms with Crippen molar-refractivity contribution < 1.29 is 13.5 Å². The molecular weight excluding hydrogens is 260 g/mol. The fraction of sp³-hybridized carbons (Fsp3) is 0.250. The molecule has 0 aromatic heterocycles. The lowest BCUT2D eigenvalue weighted by Gasteiger charge is -2.18. The number of ether oxygens (including phenoxy) is 1. The molecule has 0 spiro atoms. The zero-order valence-corrected chi connectivity index (χ0v) is 11.7. The molecule has 0 aliphatic rings. The van der Waals surface area contributed by atoms with E-state index in [1.165, 1.54) is 12.1 Å². The third-order valence-corrected chi connectivity index (χ3v) is 3.16. The molecular formula is C16H17F2NO. The number of halogens is 2. The van der Waals surface area contributed by atoms with E-state index in [0.717, 1.165) is 17.3 Å². The molecule has 1 N–H and O–H groups in total. The van der Waals surface area contributed by atoms with Crippen LogP contribution in [0.15, 0.2) is 36.4 Å². The van der Waals surface area contributed by atoms with E-state index in [-0.39, 0.29) is 6.04 Å². The summed E-state index contributed by atoms with van der Waals surface area (Å²) in [5.41, 5.74) is 2.26. The van der Waals surface area contributed by atoms with Crippen molar-refractivity contribution in [2.75, 3.05) is 12.4 Å². The van der Waals surface area contributed by atoms with Gasteiger partial charge in [-0.05, 0) is 37.6 Å². The summed E-state index contributed by atoms with van der Waals surface area (Å²) >= 11 is 0. The van der Waals surface area contributed by atoms with Crippen molar-refractivity contribution in [3.63, 3.8) is 0 Å². The molecule has 0 fully saturated rings. The second-order valence-electron chi connectivity index (χ2n) is 4.74. The average Bonchev–Trinajstić information content (AvgIpc) is 2.40. The van der Waals surface area contributed by atoms with Gasteiger partial charge in [0.2, 0.25) is 0 Å². The van der Waals surface area contributed by atoms with Crippen LogP contribution in [-0.4, -0.2) is 7.11 Å². The molecule has 1 unspecified atom stereocenters. The van der Waals surface area contributed by atoms with E-state index in [4.69, 9.17) is 4.74 Å². The normalized spacial score (nSPS) is 12.1. The van der Waals surface area contributed by atoms with Crippen LogP contribution >= 0.6 is 0 Å². The first-order chi connectivity index (χ1) is 9.51. The van der Waals surface area contributed by atoms with Gasteiger partial charge in [-0.2, -0.15) is 0 Å². The summed E-state index contributed by atoms with van der Waals surface area (Å²) in [4.78, 5) is 0. The summed E-state index contributed by atoms with van der Waals surface area (Å²) in [6, 6.07) is 9.01. The Hall–Kier alpha value is -2.10. The van der Waals surface area contributed by atoms with Gasteiger partial charge in [0.05, 0.1) is 18.8 Å². The van der Waals surface area contributed by atoms with Crippen molar-refractivity contribution in [3.05, 3.63) is 59.2 Å². The van der Waals surface area contributed by atoms with Gasteiger partial charge in [-0.15, -0.1) is 0 Å². The molecule has 0 amide bonds. The quantitative estimate of drug-likeness (QED) is 0.891. The molecule has 0 aliphatic heterocycles. The predicted molar refractivity (Wildman–Crippen MR) is 76.1 cm³/mol. The maximum absolute atomic E-state index is 13.7. The Labute approximate surface area is 117 Å². The Bertz CT molecular complexity index is 613. The van der Waals surface area contributed by atoms with Crippen molar-refractivity contribution in [1.82, 2.24) is 0 Å². The Kier molecular flexibility index (Phi) is 4.23. The van der Waals surface area contributed by atoms with Crippen LogP contribution in [0.3, 0.4) is 0 Å². The van der Waals surface area contributed by atoms with Crippen LogP contribution in [0.25, 0.3) is 0 Å². The highest BCUT2D eigenvalue weighted by molar-refractivity contribution is 5.58. The van der Waals surface area contributed by atoms with Gasteiger partial charge >= 0.3 is 0 Å². The summed E-state index contributed by atoms with van der Waals surface area (Å²) in [5, 5.41) is 3.18. The summed E-state index contributed by atoms with van der Waals surface area (Å²) in [5.74, 6) is -0.443. The lowest BCUT2D eigenvalue weighted by Crippen LogP contribution is -2.09. The summed E-state index contributed by atoms with van der Waals surface area (Å²) in [7, 11) is 1.59. The van der Waals surface area contributed by atoms with Gasteiger partial charge in [0, 0.05) is 11.6 Å². The van der Waals surface area contributed by atoms with Crippen LogP contribution in [0.5, 0.6) is 5.75 Å². The Balaban J connectivity index is 2.25. The second kappa shape index (κ2) is 5.90. The first kappa shape index (κ1) is 14.3. The summed E-state index contributed by atoms with van der Waals surface area (Å²) in [6.45, 7) is 3.78. The van der Waals surface area contributed by atoms with E-state index < -0.39 is 11.6 Å². The third kappa shape index (κ3) is 3.07. The lowest BCUT2D eigenvalue weighted by atomic mass is 10.1. The number of hydrogen-bond acceptors (Lipinski definition) is 2. The van der Waals surface area contributed by atoms with Crippen molar-refractivity contribution in [1.29, 1.82) is 0 Å². The number of methoxy groups -OCH3 is 1. The van der Waals surface area contributed by atoms with Crippen LogP contribution in [0.2, 0.25) is 0 Å². The van der Waals surface area contributed by atoms with E-state index in [0.29, 0.717) is 11.3 Å². The smallest absolute Gasteiger partial charge is 0.142 e.